The zero-order chi connectivity index (χ0) is 25.1. The van der Waals surface area contributed by atoms with E-state index < -0.39 is 29.2 Å². The molecule has 3 nitrogen and oxygen atoms in total. The highest BCUT2D eigenvalue weighted by molar-refractivity contribution is 5.86. The van der Waals surface area contributed by atoms with Crippen molar-refractivity contribution in [3.05, 3.63) is 76.4 Å². The second-order valence-electron chi connectivity index (χ2n) is 8.33. The number of ether oxygens (including phenoxy) is 2. The average molecular weight is 481 g/mol. The molecule has 0 spiro atoms. The van der Waals surface area contributed by atoms with Crippen molar-refractivity contribution in [2.24, 2.45) is 0 Å². The Hall–Kier alpha value is -2.83. The Morgan fingerprint density at radius 1 is 0.794 bits per heavy atom. The molecule has 0 saturated carbocycles. The van der Waals surface area contributed by atoms with Crippen LogP contribution < -0.4 is 4.74 Å². The summed E-state index contributed by atoms with van der Waals surface area (Å²) in [4.78, 5) is 11.3. The SMILES string of the molecule is C=C(C)C(=O)OCCCCCc1c(F)cc(CCc2c(F)cc(OCCCC)cc2F)cc1F. The van der Waals surface area contributed by atoms with E-state index in [2.05, 4.69) is 6.58 Å². The van der Waals surface area contributed by atoms with Crippen molar-refractivity contribution in [3.63, 3.8) is 0 Å². The highest BCUT2D eigenvalue weighted by Gasteiger charge is 2.15. The van der Waals surface area contributed by atoms with Crippen LogP contribution in [-0.2, 0) is 28.8 Å². The fourth-order valence-electron chi connectivity index (χ4n) is 3.41. The van der Waals surface area contributed by atoms with Gasteiger partial charge < -0.3 is 9.47 Å². The van der Waals surface area contributed by atoms with E-state index in [1.165, 1.54) is 12.1 Å². The molecule has 7 heteroatoms. The van der Waals surface area contributed by atoms with Gasteiger partial charge in [0.1, 0.15) is 29.0 Å². The Morgan fingerprint density at radius 3 is 1.97 bits per heavy atom. The van der Waals surface area contributed by atoms with Gasteiger partial charge in [-0.1, -0.05) is 19.9 Å². The first-order chi connectivity index (χ1) is 16.2. The zero-order valence-electron chi connectivity index (χ0n) is 19.8. The number of carbonyl (C=O) groups is 1. The lowest BCUT2D eigenvalue weighted by Crippen LogP contribution is -2.06. The van der Waals surface area contributed by atoms with E-state index in [0.717, 1.165) is 25.0 Å². The first-order valence-electron chi connectivity index (χ1n) is 11.6. The van der Waals surface area contributed by atoms with Crippen LogP contribution >= 0.6 is 0 Å². The number of hydrogen-bond donors (Lipinski definition) is 0. The number of unbranched alkanes of at least 4 members (excludes halogenated alkanes) is 3. The van der Waals surface area contributed by atoms with Crippen LogP contribution in [0.1, 0.15) is 62.6 Å². The number of esters is 1. The summed E-state index contributed by atoms with van der Waals surface area (Å²) in [6, 6.07) is 4.70. The molecule has 2 aromatic rings. The molecule has 0 fully saturated rings. The molecule has 2 rings (SSSR count). The second kappa shape index (κ2) is 13.8. The third-order valence-corrected chi connectivity index (χ3v) is 5.40. The number of benzene rings is 2. The van der Waals surface area contributed by atoms with Gasteiger partial charge in [-0.15, -0.1) is 0 Å². The first kappa shape index (κ1) is 27.4. The lowest BCUT2D eigenvalue weighted by atomic mass is 9.99. The van der Waals surface area contributed by atoms with Gasteiger partial charge in [-0.2, -0.15) is 0 Å². The predicted octanol–water partition coefficient (Wildman–Crippen LogP) is 7.04. The topological polar surface area (TPSA) is 35.5 Å². The summed E-state index contributed by atoms with van der Waals surface area (Å²) in [5.41, 5.74) is 0.490. The minimum Gasteiger partial charge on any atom is -0.493 e. The van der Waals surface area contributed by atoms with Gasteiger partial charge in [0.2, 0.25) is 0 Å². The number of aryl methyl sites for hydroxylation is 1. The van der Waals surface area contributed by atoms with Crippen LogP contribution in [0.4, 0.5) is 17.6 Å². The van der Waals surface area contributed by atoms with Crippen molar-refractivity contribution < 1.29 is 31.8 Å². The highest BCUT2D eigenvalue weighted by Crippen LogP contribution is 2.24. The van der Waals surface area contributed by atoms with Gasteiger partial charge >= 0.3 is 5.97 Å². The maximum absolute atomic E-state index is 14.5. The molecular formula is C27H32F4O3. The normalized spacial score (nSPS) is 10.9. The zero-order valence-corrected chi connectivity index (χ0v) is 19.8. The monoisotopic (exact) mass is 480 g/mol. The quantitative estimate of drug-likeness (QED) is 0.126. The van der Waals surface area contributed by atoms with Crippen molar-refractivity contribution in [3.8, 4) is 5.75 Å². The Kier molecular flexibility index (Phi) is 11.1. The Balaban J connectivity index is 1.89. The van der Waals surface area contributed by atoms with E-state index in [0.29, 0.717) is 37.0 Å². The van der Waals surface area contributed by atoms with Gasteiger partial charge in [0.15, 0.2) is 0 Å². The molecule has 0 aliphatic heterocycles. The van der Waals surface area contributed by atoms with E-state index in [9.17, 15) is 22.4 Å². The number of carbonyl (C=O) groups excluding carboxylic acids is 1. The molecular weight excluding hydrogens is 448 g/mol. The minimum absolute atomic E-state index is 0.0198. The van der Waals surface area contributed by atoms with E-state index in [1.807, 2.05) is 6.92 Å². The Morgan fingerprint density at radius 2 is 1.38 bits per heavy atom. The average Bonchev–Trinajstić information content (AvgIpc) is 2.77. The third kappa shape index (κ3) is 8.50. The number of halogens is 4. The molecule has 0 N–H and O–H groups in total. The van der Waals surface area contributed by atoms with Crippen LogP contribution in [-0.4, -0.2) is 19.2 Å². The summed E-state index contributed by atoms with van der Waals surface area (Å²) in [7, 11) is 0. The molecule has 0 aliphatic carbocycles. The number of rotatable bonds is 14. The molecule has 0 unspecified atom stereocenters. The molecule has 0 heterocycles. The molecule has 0 aliphatic rings. The van der Waals surface area contributed by atoms with Gasteiger partial charge in [-0.25, -0.2) is 22.4 Å². The summed E-state index contributed by atoms with van der Waals surface area (Å²) < 4.78 is 68.0. The molecule has 0 radical (unpaired) electrons. The van der Waals surface area contributed by atoms with E-state index in [4.69, 9.17) is 9.47 Å². The fraction of sp³-hybridized carbons (Fsp3) is 0.444. The van der Waals surface area contributed by atoms with Gasteiger partial charge in [-0.3, -0.25) is 0 Å². The highest BCUT2D eigenvalue weighted by atomic mass is 19.1. The van der Waals surface area contributed by atoms with Crippen molar-refractivity contribution in [1.82, 2.24) is 0 Å². The van der Waals surface area contributed by atoms with Crippen LogP contribution in [0.25, 0.3) is 0 Å². The third-order valence-electron chi connectivity index (χ3n) is 5.40. The maximum Gasteiger partial charge on any atom is 0.333 e. The lowest BCUT2D eigenvalue weighted by molar-refractivity contribution is -0.139. The maximum atomic E-state index is 14.5. The molecule has 0 bridgehead atoms. The molecule has 34 heavy (non-hydrogen) atoms. The van der Waals surface area contributed by atoms with Gasteiger partial charge in [0.25, 0.3) is 0 Å². The van der Waals surface area contributed by atoms with Crippen LogP contribution in [0, 0.1) is 23.3 Å². The summed E-state index contributed by atoms with van der Waals surface area (Å²) in [5, 5.41) is 0. The fourth-order valence-corrected chi connectivity index (χ4v) is 3.41. The van der Waals surface area contributed by atoms with Crippen LogP contribution in [0.5, 0.6) is 5.75 Å². The molecule has 2 aromatic carbocycles. The van der Waals surface area contributed by atoms with E-state index >= 15 is 0 Å². The Labute approximate surface area is 198 Å². The summed E-state index contributed by atoms with van der Waals surface area (Å²) in [6.07, 6.45) is 3.70. The molecule has 0 aromatic heterocycles. The van der Waals surface area contributed by atoms with Crippen LogP contribution in [0.3, 0.4) is 0 Å². The smallest absolute Gasteiger partial charge is 0.333 e. The predicted molar refractivity (Wildman–Crippen MR) is 124 cm³/mol. The number of hydrogen-bond acceptors (Lipinski definition) is 3. The van der Waals surface area contributed by atoms with Crippen molar-refractivity contribution in [1.29, 1.82) is 0 Å². The van der Waals surface area contributed by atoms with Crippen molar-refractivity contribution in [2.45, 2.75) is 65.2 Å². The molecule has 0 saturated heterocycles. The lowest BCUT2D eigenvalue weighted by Gasteiger charge is -2.11. The second-order valence-corrected chi connectivity index (χ2v) is 8.33. The molecule has 0 atom stereocenters. The summed E-state index contributed by atoms with van der Waals surface area (Å²) >= 11 is 0. The molecule has 186 valence electrons. The van der Waals surface area contributed by atoms with Gasteiger partial charge in [0.05, 0.1) is 13.2 Å². The van der Waals surface area contributed by atoms with Crippen molar-refractivity contribution in [2.75, 3.05) is 13.2 Å². The molecule has 0 amide bonds. The summed E-state index contributed by atoms with van der Waals surface area (Å²) in [5.74, 6) is -3.16. The van der Waals surface area contributed by atoms with Gasteiger partial charge in [-0.05, 0) is 69.6 Å². The summed E-state index contributed by atoms with van der Waals surface area (Å²) in [6.45, 7) is 7.64. The minimum atomic E-state index is -0.738. The van der Waals surface area contributed by atoms with Crippen molar-refractivity contribution >= 4 is 5.97 Å². The van der Waals surface area contributed by atoms with Gasteiger partial charge in [0, 0.05) is 28.8 Å². The Bertz CT molecular complexity index is 942. The van der Waals surface area contributed by atoms with Crippen LogP contribution in [0.2, 0.25) is 0 Å². The van der Waals surface area contributed by atoms with E-state index in [1.54, 1.807) is 6.92 Å². The van der Waals surface area contributed by atoms with E-state index in [-0.39, 0.29) is 42.7 Å². The first-order valence-corrected chi connectivity index (χ1v) is 11.6. The van der Waals surface area contributed by atoms with Crippen LogP contribution in [0.15, 0.2) is 36.4 Å². The standard InChI is InChI=1S/C27H32F4O3/c1-4-5-12-33-20-16-25(30)22(26(31)17-20)11-10-19-14-23(28)21(24(29)15-19)9-7-6-8-13-34-27(32)18(2)3/h14-17H,2,4-13H2,1,3H3. The largest absolute Gasteiger partial charge is 0.493 e.